The summed E-state index contributed by atoms with van der Waals surface area (Å²) in [5.74, 6) is -9.61. The van der Waals surface area contributed by atoms with Gasteiger partial charge in [0.15, 0.2) is 5.60 Å². The number of phenolic OH excluding ortho intramolecular Hbond substituents is 1. The fourth-order valence-corrected chi connectivity index (χ4v) is 4.92. The van der Waals surface area contributed by atoms with Crippen LogP contribution < -0.4 is 5.73 Å². The second kappa shape index (κ2) is 6.29. The van der Waals surface area contributed by atoms with E-state index in [-0.39, 0.29) is 16.1 Å². The van der Waals surface area contributed by atoms with E-state index in [1.807, 2.05) is 0 Å². The molecule has 3 aliphatic rings. The summed E-state index contributed by atoms with van der Waals surface area (Å²) in [7, 11) is 0. The number of primary amides is 1. The number of carbonyl (C=O) groups is 3. The molecule has 0 aromatic heterocycles. The largest absolute Gasteiger partial charge is 0.508 e. The molecule has 11 heteroatoms. The number of hydrogen-bond acceptors (Lipinski definition) is 9. The van der Waals surface area contributed by atoms with Crippen LogP contribution in [0.5, 0.6) is 5.75 Å². The molecule has 3 aliphatic carbocycles. The predicted molar refractivity (Wildman–Crippen MR) is 99.0 cm³/mol. The summed E-state index contributed by atoms with van der Waals surface area (Å²) >= 11 is 6.09. The first-order chi connectivity index (χ1) is 13.9. The lowest BCUT2D eigenvalue weighted by Gasteiger charge is -2.48. The van der Waals surface area contributed by atoms with Gasteiger partial charge in [-0.2, -0.15) is 0 Å². The zero-order chi connectivity index (χ0) is 22.3. The lowest BCUT2D eigenvalue weighted by Crippen LogP contribution is -2.63. The third-order valence-electron chi connectivity index (χ3n) is 6.09. The maximum Gasteiger partial charge on any atom is 0.255 e. The molecule has 5 atom stereocenters. The molecule has 0 aliphatic heterocycles. The number of nitrogens with two attached hydrogens (primary N) is 1. The van der Waals surface area contributed by atoms with Crippen molar-refractivity contribution in [2.45, 2.75) is 24.2 Å². The van der Waals surface area contributed by atoms with Gasteiger partial charge in [0, 0.05) is 28.0 Å². The standard InChI is InChI=1S/C19H16ClNO9/c20-6-1-2-7(22)10-9(6)12(23)4-3-5-13(24)15(26)11(18(21)29)17(28)19(5,30)16(27)8(4)14(10)25/h1-2,4-5,12-13,22-25,28,30H,3H2,(H2,21,29)/t4-,5-,12-,13?,19-/m0/s1. The molecule has 1 fully saturated rings. The highest BCUT2D eigenvalue weighted by Gasteiger charge is 2.64. The Morgan fingerprint density at radius 1 is 1.13 bits per heavy atom. The minimum absolute atomic E-state index is 0.0202. The third kappa shape index (κ3) is 2.27. The van der Waals surface area contributed by atoms with E-state index < -0.39 is 82.0 Å². The Kier molecular flexibility index (Phi) is 4.27. The Hall–Kier alpha value is -2.92. The van der Waals surface area contributed by atoms with E-state index in [0.717, 1.165) is 6.07 Å². The lowest BCUT2D eigenvalue weighted by atomic mass is 9.57. The first-order valence-electron chi connectivity index (χ1n) is 8.80. The molecule has 8 N–H and O–H groups in total. The van der Waals surface area contributed by atoms with Crippen LogP contribution in [0.1, 0.15) is 23.7 Å². The van der Waals surface area contributed by atoms with Gasteiger partial charge in [-0.3, -0.25) is 14.4 Å². The normalized spacial score (nSPS) is 33.2. The number of amides is 1. The summed E-state index contributed by atoms with van der Waals surface area (Å²) in [5.41, 5.74) is 0.0155. The lowest BCUT2D eigenvalue weighted by molar-refractivity contribution is -0.161. The summed E-state index contributed by atoms with van der Waals surface area (Å²) in [6.07, 6.45) is -4.09. The molecule has 30 heavy (non-hydrogen) atoms. The number of aromatic hydroxyl groups is 1. The van der Waals surface area contributed by atoms with E-state index >= 15 is 0 Å². The molecule has 0 bridgehead atoms. The molecular formula is C19H16ClNO9. The van der Waals surface area contributed by atoms with Gasteiger partial charge < -0.3 is 36.4 Å². The molecule has 1 amide bonds. The quantitative estimate of drug-likeness (QED) is 0.284. The minimum atomic E-state index is -2.96. The molecule has 10 nitrogen and oxygen atoms in total. The van der Waals surface area contributed by atoms with Crippen molar-refractivity contribution in [2.75, 3.05) is 0 Å². The van der Waals surface area contributed by atoms with Crippen molar-refractivity contribution in [1.29, 1.82) is 0 Å². The van der Waals surface area contributed by atoms with E-state index in [4.69, 9.17) is 17.3 Å². The van der Waals surface area contributed by atoms with Crippen LogP contribution in [-0.4, -0.2) is 59.8 Å². The van der Waals surface area contributed by atoms with Crippen molar-refractivity contribution in [3.8, 4) is 5.75 Å². The van der Waals surface area contributed by atoms with Crippen molar-refractivity contribution in [3.05, 3.63) is 45.2 Å². The fraction of sp³-hybridized carbons (Fsp3) is 0.316. The van der Waals surface area contributed by atoms with Gasteiger partial charge in [0.25, 0.3) is 5.91 Å². The molecule has 1 aromatic rings. The average Bonchev–Trinajstić information content (AvgIpc) is 2.67. The second-order valence-corrected chi connectivity index (χ2v) is 7.91. The number of benzene rings is 1. The van der Waals surface area contributed by atoms with Crippen molar-refractivity contribution >= 4 is 34.8 Å². The van der Waals surface area contributed by atoms with Gasteiger partial charge in [-0.15, -0.1) is 0 Å². The van der Waals surface area contributed by atoms with Crippen molar-refractivity contribution in [1.82, 2.24) is 0 Å². The SMILES string of the molecule is NC(=O)C1=C(O)[C@@]2(O)C(=O)C3=C(O)c4c(O)ccc(Cl)c4[C@@H](O)[C@H]3C[C@H]2C(O)C1=O. The molecule has 0 radical (unpaired) electrons. The van der Waals surface area contributed by atoms with Crippen LogP contribution in [-0.2, 0) is 14.4 Å². The molecule has 1 unspecified atom stereocenters. The van der Waals surface area contributed by atoms with Crippen LogP contribution in [0.4, 0.5) is 0 Å². The number of ketones is 2. The van der Waals surface area contributed by atoms with Gasteiger partial charge in [0.05, 0.1) is 11.7 Å². The van der Waals surface area contributed by atoms with E-state index in [1.54, 1.807) is 0 Å². The fourth-order valence-electron chi connectivity index (χ4n) is 4.65. The molecule has 0 saturated heterocycles. The van der Waals surface area contributed by atoms with Crippen molar-refractivity contribution in [2.24, 2.45) is 17.6 Å². The molecule has 158 valence electrons. The number of phenols is 1. The van der Waals surface area contributed by atoms with Gasteiger partial charge in [0.1, 0.15) is 28.9 Å². The molecule has 4 rings (SSSR count). The topological polar surface area (TPSA) is 199 Å². The Balaban J connectivity index is 2.01. The smallest absolute Gasteiger partial charge is 0.255 e. The van der Waals surface area contributed by atoms with Gasteiger partial charge in [-0.25, -0.2) is 0 Å². The summed E-state index contributed by atoms with van der Waals surface area (Å²) in [6, 6.07) is 2.40. The third-order valence-corrected chi connectivity index (χ3v) is 6.42. The molecular weight excluding hydrogens is 422 g/mol. The van der Waals surface area contributed by atoms with Crippen LogP contribution in [0.25, 0.3) is 5.76 Å². The number of fused-ring (bicyclic) bond motifs is 3. The van der Waals surface area contributed by atoms with Crippen molar-refractivity contribution < 1.29 is 45.0 Å². The maximum absolute atomic E-state index is 13.2. The number of rotatable bonds is 1. The highest BCUT2D eigenvalue weighted by Crippen LogP contribution is 2.55. The van der Waals surface area contributed by atoms with Crippen LogP contribution in [0.2, 0.25) is 5.02 Å². The zero-order valence-corrected chi connectivity index (χ0v) is 15.8. The first-order valence-corrected chi connectivity index (χ1v) is 9.18. The van der Waals surface area contributed by atoms with Crippen LogP contribution in [0, 0.1) is 11.8 Å². The Bertz CT molecular complexity index is 1110. The predicted octanol–water partition coefficient (Wildman–Crippen LogP) is -0.461. The van der Waals surface area contributed by atoms with Crippen LogP contribution in [0.3, 0.4) is 0 Å². The number of hydrogen-bond donors (Lipinski definition) is 7. The van der Waals surface area contributed by atoms with E-state index in [1.165, 1.54) is 6.07 Å². The molecule has 0 spiro atoms. The van der Waals surface area contributed by atoms with Gasteiger partial charge in [-0.1, -0.05) is 11.6 Å². The van der Waals surface area contributed by atoms with Crippen LogP contribution >= 0.6 is 11.6 Å². The minimum Gasteiger partial charge on any atom is -0.508 e. The number of carbonyl (C=O) groups excluding carboxylic acids is 3. The summed E-state index contributed by atoms with van der Waals surface area (Å²) in [6.45, 7) is 0. The Morgan fingerprint density at radius 3 is 2.37 bits per heavy atom. The van der Waals surface area contributed by atoms with E-state index in [2.05, 4.69) is 0 Å². The Labute approximate surface area is 173 Å². The zero-order valence-electron chi connectivity index (χ0n) is 15.0. The summed E-state index contributed by atoms with van der Waals surface area (Å²) in [4.78, 5) is 37.2. The van der Waals surface area contributed by atoms with Gasteiger partial charge in [0.2, 0.25) is 11.6 Å². The summed E-state index contributed by atoms with van der Waals surface area (Å²) < 4.78 is 0. The second-order valence-electron chi connectivity index (χ2n) is 7.50. The van der Waals surface area contributed by atoms with E-state index in [0.29, 0.717) is 0 Å². The highest BCUT2D eigenvalue weighted by atomic mass is 35.5. The van der Waals surface area contributed by atoms with Gasteiger partial charge in [-0.05, 0) is 18.6 Å². The average molecular weight is 438 g/mol. The first kappa shape index (κ1) is 20.4. The number of aliphatic hydroxyl groups excluding tert-OH is 4. The van der Waals surface area contributed by atoms with Crippen LogP contribution in [0.15, 0.2) is 29.0 Å². The number of Topliss-reactive ketones (excluding diaryl/α,β-unsaturated/α-hetero) is 2. The number of halogens is 1. The molecule has 0 heterocycles. The summed E-state index contributed by atoms with van der Waals surface area (Å²) in [5, 5.41) is 63.6. The monoisotopic (exact) mass is 437 g/mol. The maximum atomic E-state index is 13.2. The van der Waals surface area contributed by atoms with Crippen molar-refractivity contribution in [3.63, 3.8) is 0 Å². The highest BCUT2D eigenvalue weighted by molar-refractivity contribution is 6.32. The van der Waals surface area contributed by atoms with E-state index in [9.17, 15) is 45.0 Å². The van der Waals surface area contributed by atoms with Gasteiger partial charge >= 0.3 is 0 Å². The Morgan fingerprint density at radius 2 is 1.77 bits per heavy atom. The molecule has 1 saturated carbocycles. The number of aliphatic hydroxyl groups is 5. The molecule has 1 aromatic carbocycles.